The molecule has 5 nitrogen and oxygen atoms in total. The van der Waals surface area contributed by atoms with E-state index in [0.717, 1.165) is 33.4 Å². The van der Waals surface area contributed by atoms with Crippen LogP contribution in [0, 0.1) is 0 Å². The number of allylic oxidation sites excluding steroid dienone is 3. The lowest BCUT2D eigenvalue weighted by Crippen LogP contribution is -2.43. The molecular formula is C22H22BrF3N4OS. The first kappa shape index (κ1) is 24.3. The predicted molar refractivity (Wildman–Crippen MR) is 125 cm³/mol. The number of rotatable bonds is 6. The Bertz CT molecular complexity index is 1100. The number of benzene rings is 1. The lowest BCUT2D eigenvalue weighted by atomic mass is 9.90. The standard InChI is InChI=1S/C22H22BrF3N4OS/c1-12-6-17(19(32)9-16(12)20-18(23)11-28-30(20)2)21(31)29-15(10-27)8-13-4-3-5-14(7-13)22(24,25)26/h3-7,11,15H,8-10,27H2,1-2H3,(H,29,31)/t15-/m0/s1. The van der Waals surface area contributed by atoms with Crippen molar-refractivity contribution < 1.29 is 18.0 Å². The van der Waals surface area contributed by atoms with Crippen molar-refractivity contribution in [3.8, 4) is 0 Å². The SMILES string of the molecule is CC1=C(c2c(Br)cnn2C)CC(=S)C(C(=O)N[C@H](CN)Cc2cccc(C(F)(F)F)c2)=C1. The van der Waals surface area contributed by atoms with E-state index in [-0.39, 0.29) is 18.9 Å². The Morgan fingerprint density at radius 3 is 2.72 bits per heavy atom. The van der Waals surface area contributed by atoms with Gasteiger partial charge in [0.05, 0.1) is 27.5 Å². The van der Waals surface area contributed by atoms with Crippen molar-refractivity contribution in [3.63, 3.8) is 0 Å². The van der Waals surface area contributed by atoms with E-state index in [0.29, 0.717) is 22.4 Å². The number of aryl methyl sites for hydroxylation is 1. The highest BCUT2D eigenvalue weighted by Gasteiger charge is 2.31. The first-order valence-corrected chi connectivity index (χ1v) is 11.0. The molecule has 1 heterocycles. The van der Waals surface area contributed by atoms with Gasteiger partial charge in [-0.1, -0.05) is 30.4 Å². The van der Waals surface area contributed by atoms with Crippen LogP contribution in [-0.2, 0) is 24.4 Å². The summed E-state index contributed by atoms with van der Waals surface area (Å²) in [6.07, 6.45) is -0.424. The van der Waals surface area contributed by atoms with E-state index in [1.165, 1.54) is 6.07 Å². The summed E-state index contributed by atoms with van der Waals surface area (Å²) in [4.78, 5) is 13.4. The Kier molecular flexibility index (Phi) is 7.36. The monoisotopic (exact) mass is 526 g/mol. The molecule has 3 N–H and O–H groups in total. The zero-order valence-corrected chi connectivity index (χ0v) is 19.9. The lowest BCUT2D eigenvalue weighted by molar-refractivity contribution is -0.137. The van der Waals surface area contributed by atoms with Crippen molar-refractivity contribution in [3.05, 3.63) is 69.0 Å². The van der Waals surface area contributed by atoms with Crippen LogP contribution >= 0.6 is 28.1 Å². The summed E-state index contributed by atoms with van der Waals surface area (Å²) >= 11 is 9.00. The molecule has 10 heteroatoms. The number of hydrogen-bond donors (Lipinski definition) is 2. The molecule has 3 rings (SSSR count). The Morgan fingerprint density at radius 2 is 2.12 bits per heavy atom. The van der Waals surface area contributed by atoms with Gasteiger partial charge in [-0.2, -0.15) is 18.3 Å². The molecule has 2 aromatic rings. The number of nitrogens with one attached hydrogen (secondary N) is 1. The van der Waals surface area contributed by atoms with Crippen LogP contribution in [0.5, 0.6) is 0 Å². The molecule has 0 saturated heterocycles. The molecule has 0 saturated carbocycles. The fraction of sp³-hybridized carbons (Fsp3) is 0.318. The van der Waals surface area contributed by atoms with Gasteiger partial charge in [0.25, 0.3) is 5.91 Å². The van der Waals surface area contributed by atoms with Crippen molar-refractivity contribution in [2.45, 2.75) is 32.0 Å². The molecule has 1 atom stereocenters. The molecule has 0 bridgehead atoms. The maximum atomic E-state index is 13.0. The second-order valence-electron chi connectivity index (χ2n) is 7.59. The second kappa shape index (κ2) is 9.68. The molecule has 1 aliphatic carbocycles. The third-order valence-electron chi connectivity index (χ3n) is 5.26. The van der Waals surface area contributed by atoms with Gasteiger partial charge in [-0.15, -0.1) is 0 Å². The number of aromatic nitrogens is 2. The first-order valence-electron chi connectivity index (χ1n) is 9.80. The van der Waals surface area contributed by atoms with E-state index >= 15 is 0 Å². The second-order valence-corrected chi connectivity index (χ2v) is 8.94. The topological polar surface area (TPSA) is 72.9 Å². The van der Waals surface area contributed by atoms with Crippen molar-refractivity contribution in [2.24, 2.45) is 12.8 Å². The molecule has 0 aliphatic heterocycles. The average Bonchev–Trinajstić information content (AvgIpc) is 3.06. The van der Waals surface area contributed by atoms with Gasteiger partial charge in [-0.05, 0) is 58.1 Å². The van der Waals surface area contributed by atoms with Gasteiger partial charge < -0.3 is 11.1 Å². The fourth-order valence-electron chi connectivity index (χ4n) is 3.61. The summed E-state index contributed by atoms with van der Waals surface area (Å²) in [5.41, 5.74) is 8.61. The predicted octanol–water partition coefficient (Wildman–Crippen LogP) is 4.36. The van der Waals surface area contributed by atoms with Crippen molar-refractivity contribution in [1.29, 1.82) is 0 Å². The minimum absolute atomic E-state index is 0.0735. The van der Waals surface area contributed by atoms with E-state index in [4.69, 9.17) is 18.0 Å². The van der Waals surface area contributed by atoms with Crippen LogP contribution in [0.4, 0.5) is 13.2 Å². The van der Waals surface area contributed by atoms with Gasteiger partial charge >= 0.3 is 6.18 Å². The van der Waals surface area contributed by atoms with Crippen LogP contribution in [0.3, 0.4) is 0 Å². The Morgan fingerprint density at radius 1 is 1.41 bits per heavy atom. The maximum absolute atomic E-state index is 13.0. The Balaban J connectivity index is 1.78. The maximum Gasteiger partial charge on any atom is 0.416 e. The lowest BCUT2D eigenvalue weighted by Gasteiger charge is -2.22. The summed E-state index contributed by atoms with van der Waals surface area (Å²) in [6, 6.07) is 4.48. The van der Waals surface area contributed by atoms with Crippen molar-refractivity contribution in [2.75, 3.05) is 6.54 Å². The third-order valence-corrected chi connectivity index (χ3v) is 6.20. The van der Waals surface area contributed by atoms with Crippen molar-refractivity contribution >= 4 is 44.5 Å². The van der Waals surface area contributed by atoms with Gasteiger partial charge in [0.2, 0.25) is 0 Å². The Hall–Kier alpha value is -2.30. The number of carbonyl (C=O) groups excluding carboxylic acids is 1. The fourth-order valence-corrected chi connectivity index (χ4v) is 4.49. The number of nitrogens with zero attached hydrogens (tertiary/aromatic N) is 2. The largest absolute Gasteiger partial charge is 0.416 e. The van der Waals surface area contributed by atoms with Gasteiger partial charge in [-0.25, -0.2) is 0 Å². The molecule has 0 spiro atoms. The van der Waals surface area contributed by atoms with E-state index in [1.807, 2.05) is 14.0 Å². The molecule has 0 unspecified atom stereocenters. The van der Waals surface area contributed by atoms with Gasteiger partial charge in [-0.3, -0.25) is 9.48 Å². The third kappa shape index (κ3) is 5.36. The highest BCUT2D eigenvalue weighted by Crippen LogP contribution is 2.34. The van der Waals surface area contributed by atoms with Crippen LogP contribution in [0.1, 0.15) is 30.2 Å². The number of carbonyl (C=O) groups is 1. The van der Waals surface area contributed by atoms with E-state index in [2.05, 4.69) is 26.3 Å². The number of halogens is 4. The minimum atomic E-state index is -4.43. The zero-order valence-electron chi connectivity index (χ0n) is 17.5. The summed E-state index contributed by atoms with van der Waals surface area (Å²) in [5.74, 6) is -0.389. The average molecular weight is 527 g/mol. The van der Waals surface area contributed by atoms with Crippen molar-refractivity contribution in [1.82, 2.24) is 15.1 Å². The summed E-state index contributed by atoms with van der Waals surface area (Å²) in [5, 5.41) is 7.04. The molecule has 1 aliphatic rings. The molecule has 1 aromatic heterocycles. The number of amides is 1. The van der Waals surface area contributed by atoms with Gasteiger partial charge in [0.1, 0.15) is 0 Å². The minimum Gasteiger partial charge on any atom is -0.348 e. The first-order chi connectivity index (χ1) is 15.0. The van der Waals surface area contributed by atoms with Crippen LogP contribution in [0.15, 0.2) is 52.2 Å². The molecule has 32 heavy (non-hydrogen) atoms. The number of alkyl halides is 3. The molecular weight excluding hydrogens is 505 g/mol. The summed E-state index contributed by atoms with van der Waals surface area (Å²) in [6.45, 7) is 1.97. The van der Waals surface area contributed by atoms with E-state index in [9.17, 15) is 18.0 Å². The van der Waals surface area contributed by atoms with Crippen LogP contribution in [-0.4, -0.2) is 33.1 Å². The highest BCUT2D eigenvalue weighted by atomic mass is 79.9. The number of hydrogen-bond acceptors (Lipinski definition) is 4. The summed E-state index contributed by atoms with van der Waals surface area (Å²) < 4.78 is 41.5. The van der Waals surface area contributed by atoms with Gasteiger partial charge in [0.15, 0.2) is 0 Å². The van der Waals surface area contributed by atoms with Crippen LogP contribution in [0.25, 0.3) is 5.57 Å². The van der Waals surface area contributed by atoms with Crippen LogP contribution in [0.2, 0.25) is 0 Å². The van der Waals surface area contributed by atoms with E-state index < -0.39 is 17.8 Å². The molecule has 170 valence electrons. The van der Waals surface area contributed by atoms with E-state index in [1.54, 1.807) is 23.0 Å². The molecule has 1 amide bonds. The molecule has 0 radical (unpaired) electrons. The van der Waals surface area contributed by atoms with Gasteiger partial charge in [0, 0.05) is 30.9 Å². The zero-order chi connectivity index (χ0) is 23.6. The number of thiocarbonyl (C=S) groups is 1. The Labute approximate surface area is 197 Å². The smallest absolute Gasteiger partial charge is 0.348 e. The highest BCUT2D eigenvalue weighted by molar-refractivity contribution is 9.10. The summed E-state index contributed by atoms with van der Waals surface area (Å²) in [7, 11) is 1.83. The quantitative estimate of drug-likeness (QED) is 0.548. The number of nitrogens with two attached hydrogens (primary N) is 1. The molecule has 1 aromatic carbocycles. The van der Waals surface area contributed by atoms with Crippen LogP contribution < -0.4 is 11.1 Å². The molecule has 0 fully saturated rings. The normalized spacial score (nSPS) is 15.6.